The van der Waals surface area contributed by atoms with Crippen LogP contribution in [0.5, 0.6) is 0 Å². The molecule has 0 bridgehead atoms. The summed E-state index contributed by atoms with van der Waals surface area (Å²) in [6.45, 7) is -2.92. The summed E-state index contributed by atoms with van der Waals surface area (Å²) in [7, 11) is 0. The number of fused-ring (bicyclic) bond motifs is 2. The van der Waals surface area contributed by atoms with Gasteiger partial charge in [-0.1, -0.05) is 35.4 Å². The number of allylic oxidation sites excluding steroid dienone is 2. The molecule has 4 rings (SSSR count). The number of aromatic nitrogens is 1. The standard InChI is InChI=1S/C29H36BF2N7O7S/c1-18-14-21(9-10-26(40)36-17-27(41)37-22(28(42)43)8-5-12-35-29(33)34)38-23(18)16-25-20(11-13-47-46-45-44)15-24(39(25)30(38,31)32)19-6-3-2-4-7-19/h2-4,6-7,14-16,22,44H,5,8-13,17H2,1H3,(H,36,40)(H,37,41)(H,42,43)(H4,33,34,35). The number of carbonyl (C=O) groups excluding carboxylic acids is 2. The molecule has 1 atom stereocenters. The number of carboxylic acid groups (broad SMARTS) is 1. The van der Waals surface area contributed by atoms with Crippen LogP contribution in [0.15, 0.2) is 53.7 Å². The van der Waals surface area contributed by atoms with Crippen LogP contribution in [0.3, 0.4) is 0 Å². The molecule has 0 saturated heterocycles. The van der Waals surface area contributed by atoms with E-state index >= 15 is 8.63 Å². The summed E-state index contributed by atoms with van der Waals surface area (Å²) in [6, 6.07) is 9.34. The number of guanidine groups is 1. The maximum absolute atomic E-state index is 16.6. The number of halogens is 2. The first-order valence-corrected chi connectivity index (χ1v) is 15.7. The van der Waals surface area contributed by atoms with Crippen molar-refractivity contribution in [1.82, 2.24) is 20.4 Å². The molecule has 0 saturated carbocycles. The largest absolute Gasteiger partial charge is 0.737 e. The van der Waals surface area contributed by atoms with E-state index in [0.717, 1.165) is 21.0 Å². The Hall–Kier alpha value is -4.52. The predicted molar refractivity (Wildman–Crippen MR) is 172 cm³/mol. The van der Waals surface area contributed by atoms with Crippen LogP contribution >= 0.6 is 12.0 Å². The molecule has 2 aliphatic rings. The number of nitrogens with one attached hydrogen (secondary N) is 4. The lowest BCUT2D eigenvalue weighted by atomic mass is 9.88. The fraction of sp³-hybridized carbons (Fsp3) is 0.345. The molecular formula is C29H36BF2N7O7S. The Morgan fingerprint density at radius 2 is 1.89 bits per heavy atom. The topological polar surface area (TPSA) is 204 Å². The van der Waals surface area contributed by atoms with Crippen molar-refractivity contribution < 1.29 is 47.2 Å². The van der Waals surface area contributed by atoms with E-state index in [1.807, 2.05) is 0 Å². The second-order valence-corrected chi connectivity index (χ2v) is 11.7. The lowest BCUT2D eigenvalue weighted by Crippen LogP contribution is -2.50. The quantitative estimate of drug-likeness (QED) is 0.0248. The van der Waals surface area contributed by atoms with Gasteiger partial charge in [0.15, 0.2) is 11.7 Å². The smallest absolute Gasteiger partial charge is 0.480 e. The minimum absolute atomic E-state index is 0.0420. The summed E-state index contributed by atoms with van der Waals surface area (Å²) in [5.74, 6) is -2.47. The van der Waals surface area contributed by atoms with Crippen molar-refractivity contribution in [1.29, 1.82) is 5.41 Å². The fourth-order valence-corrected chi connectivity index (χ4v) is 6.01. The predicted octanol–water partition coefficient (Wildman–Crippen LogP) is 2.49. The lowest BCUT2D eigenvalue weighted by molar-refractivity contribution is -0.432. The van der Waals surface area contributed by atoms with Crippen LogP contribution in [0, 0.1) is 5.41 Å². The van der Waals surface area contributed by atoms with Crippen LogP contribution in [0.1, 0.15) is 43.9 Å². The molecule has 0 spiro atoms. The molecule has 14 nitrogen and oxygen atoms in total. The molecule has 1 aromatic carbocycles. The highest BCUT2D eigenvalue weighted by Gasteiger charge is 2.54. The third-order valence-corrected chi connectivity index (χ3v) is 8.21. The zero-order valence-electron chi connectivity index (χ0n) is 25.5. The Morgan fingerprint density at radius 3 is 2.57 bits per heavy atom. The van der Waals surface area contributed by atoms with E-state index in [0.29, 0.717) is 52.4 Å². The fourth-order valence-electron chi connectivity index (χ4n) is 5.60. The number of hydrogen-bond acceptors (Lipinski definition) is 8. The van der Waals surface area contributed by atoms with Gasteiger partial charge < -0.3 is 44.4 Å². The van der Waals surface area contributed by atoms with Gasteiger partial charge in [-0.3, -0.25) is 15.0 Å². The Labute approximate surface area is 273 Å². The van der Waals surface area contributed by atoms with Gasteiger partial charge in [0, 0.05) is 66.3 Å². The third kappa shape index (κ3) is 8.65. The number of aliphatic carboxylic acids is 1. The summed E-state index contributed by atoms with van der Waals surface area (Å²) >= 11 is 0.836. The number of carboxylic acids is 1. The van der Waals surface area contributed by atoms with Crippen molar-refractivity contribution in [2.24, 2.45) is 5.73 Å². The van der Waals surface area contributed by atoms with E-state index in [4.69, 9.17) is 16.4 Å². The Balaban J connectivity index is 1.46. The number of rotatable bonds is 17. The molecule has 8 N–H and O–H groups in total. The van der Waals surface area contributed by atoms with E-state index in [9.17, 15) is 19.5 Å². The SMILES string of the molecule is CC1=CC(CCC(=O)NCC(=O)NC(CCCNC(=N)N)C(=O)O)=[N+]2C1=Cc1c(CCSOOO)cc(-c3ccccc3)n1[B-]2(F)F. The van der Waals surface area contributed by atoms with Gasteiger partial charge >= 0.3 is 12.9 Å². The molecule has 2 aliphatic heterocycles. The second kappa shape index (κ2) is 15.9. The number of nitrogens with two attached hydrogens (primary N) is 1. The first-order chi connectivity index (χ1) is 22.4. The van der Waals surface area contributed by atoms with E-state index in [1.54, 1.807) is 55.5 Å². The number of carbonyl (C=O) groups is 3. The highest BCUT2D eigenvalue weighted by atomic mass is 32.2. The Bertz CT molecular complexity index is 1610. The minimum atomic E-state index is -4.40. The molecular weight excluding hydrogens is 639 g/mol. The highest BCUT2D eigenvalue weighted by Crippen LogP contribution is 2.40. The van der Waals surface area contributed by atoms with Gasteiger partial charge in [0.2, 0.25) is 11.8 Å². The molecule has 2 aromatic rings. The average Bonchev–Trinajstić information content (AvgIpc) is 3.57. The zero-order chi connectivity index (χ0) is 34.1. The van der Waals surface area contributed by atoms with Crippen LogP contribution in [0.2, 0.25) is 0 Å². The number of amides is 2. The second-order valence-electron chi connectivity index (χ2n) is 10.9. The number of hydrogen-bond donors (Lipinski definition) is 7. The van der Waals surface area contributed by atoms with Gasteiger partial charge in [0.05, 0.1) is 6.54 Å². The molecule has 2 amide bonds. The molecule has 252 valence electrons. The van der Waals surface area contributed by atoms with Gasteiger partial charge in [0.1, 0.15) is 11.8 Å². The highest BCUT2D eigenvalue weighted by molar-refractivity contribution is 7.94. The molecule has 0 aliphatic carbocycles. The number of aryl methyl sites for hydroxylation is 1. The van der Waals surface area contributed by atoms with Crippen molar-refractivity contribution in [3.05, 3.63) is 65.0 Å². The normalized spacial score (nSPS) is 15.2. The van der Waals surface area contributed by atoms with Crippen LogP contribution in [0.25, 0.3) is 17.3 Å². The maximum Gasteiger partial charge on any atom is 0.737 e. The number of nitrogens with zero attached hydrogens (tertiary/aromatic N) is 2. The average molecular weight is 676 g/mol. The van der Waals surface area contributed by atoms with E-state index < -0.39 is 37.3 Å². The van der Waals surface area contributed by atoms with Gasteiger partial charge in [-0.15, -0.1) is 4.33 Å². The van der Waals surface area contributed by atoms with Gasteiger partial charge in [0.25, 0.3) is 0 Å². The number of benzene rings is 1. The maximum atomic E-state index is 16.6. The summed E-state index contributed by atoms with van der Waals surface area (Å²) < 4.78 is 39.8. The minimum Gasteiger partial charge on any atom is -0.480 e. The summed E-state index contributed by atoms with van der Waals surface area (Å²) in [5.41, 5.74) is 8.27. The van der Waals surface area contributed by atoms with Crippen LogP contribution in [-0.4, -0.2) is 80.6 Å². The van der Waals surface area contributed by atoms with E-state index in [-0.39, 0.29) is 37.5 Å². The first kappa shape index (κ1) is 35.3. The van der Waals surface area contributed by atoms with Crippen LogP contribution in [-0.2, 0) is 30.2 Å². The molecule has 1 unspecified atom stereocenters. The first-order valence-electron chi connectivity index (χ1n) is 14.8. The van der Waals surface area contributed by atoms with Gasteiger partial charge in [-0.2, -0.15) is 0 Å². The van der Waals surface area contributed by atoms with Gasteiger partial charge in [-0.05, 0) is 43.4 Å². The summed E-state index contributed by atoms with van der Waals surface area (Å²) in [5, 5.41) is 35.9. The monoisotopic (exact) mass is 675 g/mol. The zero-order valence-corrected chi connectivity index (χ0v) is 26.3. The van der Waals surface area contributed by atoms with Crippen LogP contribution in [0.4, 0.5) is 8.63 Å². The Morgan fingerprint density at radius 1 is 1.15 bits per heavy atom. The van der Waals surface area contributed by atoms with Crippen molar-refractivity contribution in [3.63, 3.8) is 0 Å². The van der Waals surface area contributed by atoms with Crippen LogP contribution < -0.4 is 21.7 Å². The van der Waals surface area contributed by atoms with Crippen molar-refractivity contribution in [2.45, 2.75) is 45.1 Å². The molecule has 1 aromatic heterocycles. The molecule has 47 heavy (non-hydrogen) atoms. The van der Waals surface area contributed by atoms with Crippen molar-refractivity contribution in [3.8, 4) is 11.3 Å². The van der Waals surface area contributed by atoms with Crippen molar-refractivity contribution in [2.75, 3.05) is 18.8 Å². The van der Waals surface area contributed by atoms with E-state index in [2.05, 4.69) is 25.3 Å². The molecule has 3 heterocycles. The van der Waals surface area contributed by atoms with Gasteiger partial charge in [-0.25, -0.2) is 10.1 Å². The summed E-state index contributed by atoms with van der Waals surface area (Å²) in [6.07, 6.45) is 3.83. The molecule has 0 fully saturated rings. The van der Waals surface area contributed by atoms with Crippen molar-refractivity contribution >= 4 is 54.5 Å². The van der Waals surface area contributed by atoms with E-state index in [1.165, 1.54) is 0 Å². The Kier molecular flexibility index (Phi) is 11.9. The third-order valence-electron chi connectivity index (χ3n) is 7.69. The summed E-state index contributed by atoms with van der Waals surface area (Å²) in [4.78, 5) is 36.5. The lowest BCUT2D eigenvalue weighted by Gasteiger charge is -2.31. The molecule has 0 radical (unpaired) electrons. The molecule has 18 heteroatoms.